The topological polar surface area (TPSA) is 112 Å². The zero-order valence-electron chi connectivity index (χ0n) is 28.3. The molecule has 6 aromatic carbocycles. The SMILES string of the molecule is Cc1cc(Cc2ccc(Cc3ccc(Cc4cccc(C)c4C#N)c(C(=O)c4ccccc4)c3)c(C(=O)c3ccccc3)c2)cc(S(=O)(=O)O)c1. The van der Waals surface area contributed by atoms with Crippen molar-refractivity contribution >= 4 is 21.7 Å². The number of carbonyl (C=O) groups is 2. The third kappa shape index (κ3) is 8.11. The summed E-state index contributed by atoms with van der Waals surface area (Å²) in [6, 6.07) is 42.3. The zero-order chi connectivity index (χ0) is 36.1. The Morgan fingerprint density at radius 1 is 0.588 bits per heavy atom. The largest absolute Gasteiger partial charge is 0.294 e. The quantitative estimate of drug-likeness (QED) is 0.108. The van der Waals surface area contributed by atoms with Gasteiger partial charge in [0.05, 0.1) is 16.5 Å². The molecule has 0 saturated heterocycles. The lowest BCUT2D eigenvalue weighted by Gasteiger charge is -2.15. The molecule has 0 aromatic heterocycles. The lowest BCUT2D eigenvalue weighted by molar-refractivity contribution is 0.103. The lowest BCUT2D eigenvalue weighted by Crippen LogP contribution is -2.10. The Bertz CT molecular complexity index is 2430. The van der Waals surface area contributed by atoms with Crippen LogP contribution < -0.4 is 0 Å². The first-order chi connectivity index (χ1) is 24.5. The molecule has 0 radical (unpaired) electrons. The molecule has 0 atom stereocenters. The summed E-state index contributed by atoms with van der Waals surface area (Å²) in [5.41, 5.74) is 9.02. The summed E-state index contributed by atoms with van der Waals surface area (Å²) in [6.07, 6.45) is 1.12. The van der Waals surface area contributed by atoms with E-state index in [1.807, 2.05) is 104 Å². The molecule has 1 N–H and O–H groups in total. The van der Waals surface area contributed by atoms with Gasteiger partial charge >= 0.3 is 0 Å². The number of aryl methyl sites for hydroxylation is 2. The third-order valence-electron chi connectivity index (χ3n) is 8.97. The van der Waals surface area contributed by atoms with Crippen LogP contribution in [0.25, 0.3) is 0 Å². The fourth-order valence-electron chi connectivity index (χ4n) is 6.46. The van der Waals surface area contributed by atoms with E-state index in [9.17, 15) is 27.8 Å². The number of benzene rings is 6. The van der Waals surface area contributed by atoms with E-state index in [4.69, 9.17) is 0 Å². The molecule has 0 bridgehead atoms. The minimum absolute atomic E-state index is 0.128. The van der Waals surface area contributed by atoms with Gasteiger partial charge in [-0.1, -0.05) is 109 Å². The van der Waals surface area contributed by atoms with Gasteiger partial charge in [-0.25, -0.2) is 0 Å². The molecule has 6 aromatic rings. The van der Waals surface area contributed by atoms with Crippen molar-refractivity contribution in [3.63, 3.8) is 0 Å². The number of hydrogen-bond acceptors (Lipinski definition) is 5. The van der Waals surface area contributed by atoms with Crippen LogP contribution in [0.5, 0.6) is 0 Å². The van der Waals surface area contributed by atoms with Crippen LogP contribution in [0.3, 0.4) is 0 Å². The van der Waals surface area contributed by atoms with Gasteiger partial charge in [-0.2, -0.15) is 13.7 Å². The van der Waals surface area contributed by atoms with Crippen LogP contribution in [0.4, 0.5) is 0 Å². The third-order valence-corrected chi connectivity index (χ3v) is 9.80. The van der Waals surface area contributed by atoms with Gasteiger partial charge < -0.3 is 0 Å². The lowest BCUT2D eigenvalue weighted by atomic mass is 9.87. The number of ketones is 2. The highest BCUT2D eigenvalue weighted by molar-refractivity contribution is 7.85. The van der Waals surface area contributed by atoms with Crippen LogP contribution in [0.1, 0.15) is 81.9 Å². The van der Waals surface area contributed by atoms with Crippen LogP contribution in [0, 0.1) is 25.2 Å². The molecule has 7 heteroatoms. The minimum atomic E-state index is -4.39. The van der Waals surface area contributed by atoms with Crippen molar-refractivity contribution in [2.45, 2.75) is 38.0 Å². The van der Waals surface area contributed by atoms with Crippen molar-refractivity contribution in [3.05, 3.63) is 206 Å². The molecule has 0 heterocycles. The van der Waals surface area contributed by atoms with Crippen molar-refractivity contribution in [2.24, 2.45) is 0 Å². The molecule has 51 heavy (non-hydrogen) atoms. The molecular formula is C44H35NO5S. The Hall–Kier alpha value is -5.94. The molecular weight excluding hydrogens is 655 g/mol. The van der Waals surface area contributed by atoms with Gasteiger partial charge in [0.1, 0.15) is 0 Å². The summed E-state index contributed by atoms with van der Waals surface area (Å²) in [5, 5.41) is 9.87. The van der Waals surface area contributed by atoms with E-state index in [0.717, 1.165) is 33.4 Å². The standard InChI is InChI=1S/C44H35NO5S/c1-29-20-33(24-39(21-29)51(48,49)50)22-31-16-18-37(40(25-31)43(46)34-11-5-3-6-12-34)23-32-17-19-38(27-36-15-9-10-30(2)42(36)28-45)41(26-32)44(47)35-13-7-4-8-14-35/h3-21,24-26H,22-23,27H2,1-2H3,(H,48,49,50). The Kier molecular flexibility index (Phi) is 10.2. The van der Waals surface area contributed by atoms with Crippen molar-refractivity contribution < 1.29 is 22.6 Å². The minimum Gasteiger partial charge on any atom is -0.289 e. The van der Waals surface area contributed by atoms with Gasteiger partial charge in [-0.3, -0.25) is 14.1 Å². The van der Waals surface area contributed by atoms with Crippen molar-refractivity contribution in [3.8, 4) is 6.07 Å². The number of nitriles is 1. The molecule has 0 unspecified atom stereocenters. The molecule has 0 aliphatic carbocycles. The summed E-state index contributed by atoms with van der Waals surface area (Å²) in [5.74, 6) is -0.284. The second kappa shape index (κ2) is 14.9. The highest BCUT2D eigenvalue weighted by Crippen LogP contribution is 2.27. The molecule has 0 saturated carbocycles. The van der Waals surface area contributed by atoms with Crippen molar-refractivity contribution in [1.29, 1.82) is 5.26 Å². The van der Waals surface area contributed by atoms with Crippen LogP contribution in [-0.2, 0) is 29.4 Å². The van der Waals surface area contributed by atoms with E-state index in [1.54, 1.807) is 31.2 Å². The molecule has 6 rings (SSSR count). The molecule has 0 spiro atoms. The second-order valence-corrected chi connectivity index (χ2v) is 14.2. The van der Waals surface area contributed by atoms with Gasteiger partial charge in [0.25, 0.3) is 10.1 Å². The van der Waals surface area contributed by atoms with E-state index in [2.05, 4.69) is 6.07 Å². The maximum Gasteiger partial charge on any atom is 0.294 e. The maximum absolute atomic E-state index is 14.0. The van der Waals surface area contributed by atoms with Crippen molar-refractivity contribution in [1.82, 2.24) is 0 Å². The summed E-state index contributed by atoms with van der Waals surface area (Å²) < 4.78 is 33.4. The number of carbonyl (C=O) groups excluding carboxylic acids is 2. The molecule has 252 valence electrons. The first kappa shape index (κ1) is 34.9. The van der Waals surface area contributed by atoms with Gasteiger partial charge in [-0.15, -0.1) is 0 Å². The van der Waals surface area contributed by atoms with E-state index in [-0.39, 0.29) is 16.5 Å². The Balaban J connectivity index is 1.41. The molecule has 6 nitrogen and oxygen atoms in total. The smallest absolute Gasteiger partial charge is 0.289 e. The Morgan fingerprint density at radius 2 is 1.14 bits per heavy atom. The number of rotatable bonds is 11. The van der Waals surface area contributed by atoms with Crippen molar-refractivity contribution in [2.75, 3.05) is 0 Å². The van der Waals surface area contributed by atoms with Gasteiger partial charge in [0.2, 0.25) is 0 Å². The van der Waals surface area contributed by atoms with E-state index < -0.39 is 10.1 Å². The van der Waals surface area contributed by atoms with Gasteiger partial charge in [-0.05, 0) is 102 Å². The first-order valence-electron chi connectivity index (χ1n) is 16.5. The number of hydrogen-bond donors (Lipinski definition) is 1. The van der Waals surface area contributed by atoms with Crippen LogP contribution in [0.2, 0.25) is 0 Å². The fourth-order valence-corrected chi connectivity index (χ4v) is 7.10. The Labute approximate surface area is 298 Å². The Morgan fingerprint density at radius 3 is 1.69 bits per heavy atom. The average molecular weight is 690 g/mol. The first-order valence-corrected chi connectivity index (χ1v) is 17.9. The molecule has 0 amide bonds. The maximum atomic E-state index is 14.0. The molecule has 0 fully saturated rings. The molecule has 0 aliphatic heterocycles. The fraction of sp³-hybridized carbons (Fsp3) is 0.114. The normalized spacial score (nSPS) is 11.2. The predicted octanol–water partition coefficient (Wildman–Crippen LogP) is 8.66. The highest BCUT2D eigenvalue weighted by atomic mass is 32.2. The van der Waals surface area contributed by atoms with Gasteiger partial charge in [0, 0.05) is 22.3 Å². The number of nitrogens with zero attached hydrogens (tertiary/aromatic N) is 1. The van der Waals surface area contributed by atoms with E-state index in [1.165, 1.54) is 12.1 Å². The second-order valence-electron chi connectivity index (χ2n) is 12.8. The van der Waals surface area contributed by atoms with E-state index in [0.29, 0.717) is 58.2 Å². The predicted molar refractivity (Wildman–Crippen MR) is 198 cm³/mol. The van der Waals surface area contributed by atoms with Crippen LogP contribution >= 0.6 is 0 Å². The summed E-state index contributed by atoms with van der Waals surface area (Å²) in [4.78, 5) is 27.8. The van der Waals surface area contributed by atoms with Crippen LogP contribution in [0.15, 0.2) is 138 Å². The zero-order valence-corrected chi connectivity index (χ0v) is 29.1. The molecule has 0 aliphatic rings. The monoisotopic (exact) mass is 689 g/mol. The van der Waals surface area contributed by atoms with E-state index >= 15 is 0 Å². The summed E-state index contributed by atoms with van der Waals surface area (Å²) >= 11 is 0. The van der Waals surface area contributed by atoms with Gasteiger partial charge in [0.15, 0.2) is 11.6 Å². The average Bonchev–Trinajstić information content (AvgIpc) is 3.12. The van der Waals surface area contributed by atoms with Crippen LogP contribution in [-0.4, -0.2) is 24.5 Å². The summed E-state index contributed by atoms with van der Waals surface area (Å²) in [6.45, 7) is 3.66. The highest BCUT2D eigenvalue weighted by Gasteiger charge is 2.20. The summed E-state index contributed by atoms with van der Waals surface area (Å²) in [7, 11) is -4.39.